The zero-order valence-corrected chi connectivity index (χ0v) is 11.3. The van der Waals surface area contributed by atoms with Crippen molar-refractivity contribution in [3.63, 3.8) is 0 Å². The number of halogens is 1. The third-order valence-electron chi connectivity index (χ3n) is 2.25. The highest BCUT2D eigenvalue weighted by Gasteiger charge is 2.26. The van der Waals surface area contributed by atoms with Gasteiger partial charge in [0, 0.05) is 13.1 Å². The van der Waals surface area contributed by atoms with Gasteiger partial charge in [-0.25, -0.2) is 4.79 Å². The van der Waals surface area contributed by atoms with Crippen LogP contribution >= 0.6 is 12.4 Å². The number of likely N-dealkylation sites (tertiary alicyclic amines) is 1. The molecule has 100 valence electrons. The van der Waals surface area contributed by atoms with Crippen molar-refractivity contribution in [2.24, 2.45) is 5.73 Å². The van der Waals surface area contributed by atoms with Crippen LogP contribution in [0.15, 0.2) is 0 Å². The maximum absolute atomic E-state index is 11.5. The van der Waals surface area contributed by atoms with Crippen molar-refractivity contribution in [3.8, 4) is 0 Å². The molecule has 1 unspecified atom stereocenters. The lowest BCUT2D eigenvalue weighted by molar-refractivity contribution is 0.0507. The number of hydrogen-bond acceptors (Lipinski definition) is 3. The summed E-state index contributed by atoms with van der Waals surface area (Å²) >= 11 is 0. The molecule has 0 aliphatic carbocycles. The maximum atomic E-state index is 11.5. The van der Waals surface area contributed by atoms with E-state index in [9.17, 15) is 4.79 Å². The van der Waals surface area contributed by atoms with Gasteiger partial charge in [0.15, 0.2) is 5.96 Å². The number of nitrogens with one attached hydrogen (secondary N) is 2. The fraction of sp³-hybridized carbons (Fsp3) is 0.800. The number of nitrogens with zero attached hydrogens (tertiary/aromatic N) is 1. The first-order valence-electron chi connectivity index (χ1n) is 5.36. The van der Waals surface area contributed by atoms with E-state index in [1.165, 1.54) is 0 Å². The highest BCUT2D eigenvalue weighted by Crippen LogP contribution is 2.10. The third-order valence-corrected chi connectivity index (χ3v) is 2.25. The van der Waals surface area contributed by atoms with Crippen molar-refractivity contribution in [1.82, 2.24) is 10.2 Å². The predicted molar refractivity (Wildman–Crippen MR) is 68.5 cm³/mol. The molecule has 0 radical (unpaired) electrons. The Labute approximate surface area is 108 Å². The maximum Gasteiger partial charge on any atom is 0.407 e. The van der Waals surface area contributed by atoms with Gasteiger partial charge in [0.2, 0.25) is 0 Å². The largest absolute Gasteiger partial charge is 0.444 e. The molecule has 1 atom stereocenters. The van der Waals surface area contributed by atoms with Crippen molar-refractivity contribution in [2.45, 2.75) is 38.8 Å². The first kappa shape index (κ1) is 15.8. The Morgan fingerprint density at radius 2 is 2.12 bits per heavy atom. The highest BCUT2D eigenvalue weighted by molar-refractivity contribution is 5.85. The number of carbonyl (C=O) groups is 1. The van der Waals surface area contributed by atoms with E-state index in [0.717, 1.165) is 6.42 Å². The zero-order valence-electron chi connectivity index (χ0n) is 10.4. The molecule has 7 heteroatoms. The summed E-state index contributed by atoms with van der Waals surface area (Å²) in [5.74, 6) is 0.0495. The molecule has 6 nitrogen and oxygen atoms in total. The van der Waals surface area contributed by atoms with Gasteiger partial charge in [0.25, 0.3) is 0 Å². The minimum absolute atomic E-state index is 0. The molecule has 1 amide bonds. The Kier molecular flexibility index (Phi) is 5.54. The number of carbonyl (C=O) groups excluding carboxylic acids is 1. The second-order valence-electron chi connectivity index (χ2n) is 4.96. The van der Waals surface area contributed by atoms with Gasteiger partial charge >= 0.3 is 6.09 Å². The fourth-order valence-electron chi connectivity index (χ4n) is 1.57. The van der Waals surface area contributed by atoms with Gasteiger partial charge in [-0.15, -0.1) is 12.4 Å². The summed E-state index contributed by atoms with van der Waals surface area (Å²) in [6.45, 7) is 6.75. The number of nitrogens with two attached hydrogens (primary N) is 1. The molecule has 0 bridgehead atoms. The van der Waals surface area contributed by atoms with Crippen LogP contribution in [0.4, 0.5) is 4.79 Å². The summed E-state index contributed by atoms with van der Waals surface area (Å²) in [6.07, 6.45) is 0.377. The topological polar surface area (TPSA) is 91.4 Å². The van der Waals surface area contributed by atoms with E-state index < -0.39 is 11.7 Å². The van der Waals surface area contributed by atoms with Crippen molar-refractivity contribution >= 4 is 24.5 Å². The van der Waals surface area contributed by atoms with Gasteiger partial charge in [-0.3, -0.25) is 5.41 Å². The van der Waals surface area contributed by atoms with Crippen LogP contribution in [0.1, 0.15) is 27.2 Å². The number of alkyl carbamates (subject to hydrolysis) is 1. The first-order valence-corrected chi connectivity index (χ1v) is 5.36. The van der Waals surface area contributed by atoms with Crippen molar-refractivity contribution < 1.29 is 9.53 Å². The molecule has 0 aromatic heterocycles. The first-order chi connectivity index (χ1) is 7.28. The fourth-order valence-corrected chi connectivity index (χ4v) is 1.57. The van der Waals surface area contributed by atoms with Gasteiger partial charge < -0.3 is 20.7 Å². The number of ether oxygens (including phenoxy) is 1. The molecule has 1 aliphatic heterocycles. The minimum atomic E-state index is -0.483. The third kappa shape index (κ3) is 5.63. The predicted octanol–water partition coefficient (Wildman–Crippen LogP) is 0.901. The molecule has 0 aromatic rings. The van der Waals surface area contributed by atoms with E-state index >= 15 is 0 Å². The second-order valence-corrected chi connectivity index (χ2v) is 4.96. The van der Waals surface area contributed by atoms with Crippen LogP contribution in [0.2, 0.25) is 0 Å². The van der Waals surface area contributed by atoms with Crippen LogP contribution in [0.3, 0.4) is 0 Å². The van der Waals surface area contributed by atoms with Crippen LogP contribution in [0.25, 0.3) is 0 Å². The number of rotatable bonds is 1. The standard InChI is InChI=1S/C10H20N4O2.ClH/c1-10(2,3)16-9(15)13-7-4-5-14(6-7)8(11)12;/h7H,4-6H2,1-3H3,(H3,11,12)(H,13,15);1H. The van der Waals surface area contributed by atoms with Gasteiger partial charge in [-0.1, -0.05) is 0 Å². The number of hydrogen-bond donors (Lipinski definition) is 3. The summed E-state index contributed by atoms with van der Waals surface area (Å²) in [5.41, 5.74) is 4.87. The monoisotopic (exact) mass is 264 g/mol. The van der Waals surface area contributed by atoms with Gasteiger partial charge in [-0.2, -0.15) is 0 Å². The van der Waals surface area contributed by atoms with E-state index in [0.29, 0.717) is 13.1 Å². The lowest BCUT2D eigenvalue weighted by Gasteiger charge is -2.22. The smallest absolute Gasteiger partial charge is 0.407 e. The SMILES string of the molecule is CC(C)(C)OC(=O)NC1CCN(C(=N)N)C1.Cl. The quantitative estimate of drug-likeness (QED) is 0.485. The molecule has 0 aromatic carbocycles. The molecular weight excluding hydrogens is 244 g/mol. The Morgan fingerprint density at radius 1 is 1.53 bits per heavy atom. The normalized spacial score (nSPS) is 19.5. The molecule has 0 saturated carbocycles. The van der Waals surface area contributed by atoms with Crippen LogP contribution in [-0.4, -0.2) is 41.7 Å². The summed E-state index contributed by atoms with van der Waals surface area (Å²) in [5, 5.41) is 10.0. The summed E-state index contributed by atoms with van der Waals surface area (Å²) in [6, 6.07) is 0.0127. The summed E-state index contributed by atoms with van der Waals surface area (Å²) in [4.78, 5) is 13.2. The average Bonchev–Trinajstić information content (AvgIpc) is 2.48. The molecule has 1 saturated heterocycles. The van der Waals surface area contributed by atoms with Crippen LogP contribution in [0, 0.1) is 5.41 Å². The van der Waals surface area contributed by atoms with Crippen molar-refractivity contribution in [3.05, 3.63) is 0 Å². The molecule has 1 fully saturated rings. The van der Waals surface area contributed by atoms with E-state index in [1.807, 2.05) is 20.8 Å². The second kappa shape index (κ2) is 5.95. The van der Waals surface area contributed by atoms with E-state index in [1.54, 1.807) is 4.90 Å². The van der Waals surface area contributed by atoms with E-state index in [2.05, 4.69) is 5.32 Å². The summed E-state index contributed by atoms with van der Waals surface area (Å²) < 4.78 is 5.14. The van der Waals surface area contributed by atoms with Crippen LogP contribution < -0.4 is 11.1 Å². The Bertz CT molecular complexity index is 291. The molecular formula is C10H21ClN4O2. The number of guanidine groups is 1. The van der Waals surface area contributed by atoms with Crippen molar-refractivity contribution in [2.75, 3.05) is 13.1 Å². The van der Waals surface area contributed by atoms with E-state index in [-0.39, 0.29) is 24.4 Å². The molecule has 4 N–H and O–H groups in total. The number of amides is 1. The zero-order chi connectivity index (χ0) is 12.3. The van der Waals surface area contributed by atoms with Crippen LogP contribution in [-0.2, 0) is 4.74 Å². The highest BCUT2D eigenvalue weighted by atomic mass is 35.5. The molecule has 17 heavy (non-hydrogen) atoms. The molecule has 1 rings (SSSR count). The molecule has 1 heterocycles. The lowest BCUT2D eigenvalue weighted by Crippen LogP contribution is -2.42. The van der Waals surface area contributed by atoms with Gasteiger partial charge in [-0.05, 0) is 27.2 Å². The van der Waals surface area contributed by atoms with Gasteiger partial charge in [0.05, 0.1) is 6.04 Å². The van der Waals surface area contributed by atoms with Crippen LogP contribution in [0.5, 0.6) is 0 Å². The Hall–Kier alpha value is -1.17. The average molecular weight is 265 g/mol. The lowest BCUT2D eigenvalue weighted by atomic mass is 10.2. The molecule has 1 aliphatic rings. The minimum Gasteiger partial charge on any atom is -0.444 e. The van der Waals surface area contributed by atoms with Crippen molar-refractivity contribution in [1.29, 1.82) is 5.41 Å². The molecule has 0 spiro atoms. The van der Waals surface area contributed by atoms with E-state index in [4.69, 9.17) is 15.9 Å². The van der Waals surface area contributed by atoms with Gasteiger partial charge in [0.1, 0.15) is 5.60 Å². The summed E-state index contributed by atoms with van der Waals surface area (Å²) in [7, 11) is 0. The Morgan fingerprint density at radius 3 is 2.53 bits per heavy atom. The Balaban J connectivity index is 0.00000256.